The Labute approximate surface area is 314 Å². The average molecular weight is 760 g/mol. The molecule has 4 aromatic heterocycles. The molecule has 1 aliphatic heterocycles. The number of carboxylic acid groups (broad SMARTS) is 1. The number of benzene rings is 2. The van der Waals surface area contributed by atoms with Crippen molar-refractivity contribution in [2.24, 2.45) is 7.05 Å². The number of ether oxygens (including phenoxy) is 2. The maximum absolute atomic E-state index is 14.3. The van der Waals surface area contributed by atoms with Crippen LogP contribution in [-0.2, 0) is 24.9 Å². The molecule has 1 saturated heterocycles. The van der Waals surface area contributed by atoms with E-state index in [0.29, 0.717) is 60.9 Å². The van der Waals surface area contributed by atoms with Gasteiger partial charge in [0.2, 0.25) is 0 Å². The smallest absolute Gasteiger partial charge is 0.326 e. The Balaban J connectivity index is 1.21. The molecule has 276 valence electrons. The highest BCUT2D eigenvalue weighted by Gasteiger charge is 2.28. The first-order chi connectivity index (χ1) is 25.7. The van der Waals surface area contributed by atoms with E-state index in [1.165, 1.54) is 23.7 Å². The standard InChI is InChI=1S/C38H39ClFN7O5S/c1-23-26(8-9-29(34(23)39)50-19-18-47-16-14-45(2)15-17-47)32-33-36(41-22-42-37(33)53-35(32)30-10-11-31(40)52-30)44-27(38(48)49)20-24-6-4-5-7-28(24)51-21-25-12-13-43-46(25)3/h4-13,22,27H,14-21H2,1-3H3,(H,48,49)(H,41,42,44). The van der Waals surface area contributed by atoms with Crippen molar-refractivity contribution in [2.75, 3.05) is 51.7 Å². The molecule has 1 atom stereocenters. The molecule has 0 aliphatic carbocycles. The molecule has 7 rings (SSSR count). The predicted octanol–water partition coefficient (Wildman–Crippen LogP) is 6.77. The van der Waals surface area contributed by atoms with Crippen LogP contribution >= 0.6 is 22.9 Å². The number of hydrogen-bond acceptors (Lipinski definition) is 11. The summed E-state index contributed by atoms with van der Waals surface area (Å²) in [5.74, 6) is 0.619. The number of halogens is 2. The summed E-state index contributed by atoms with van der Waals surface area (Å²) in [6.45, 7) is 7.44. The lowest BCUT2D eigenvalue weighted by Crippen LogP contribution is -2.45. The van der Waals surface area contributed by atoms with Gasteiger partial charge in [0.05, 0.1) is 21.0 Å². The number of aryl methyl sites for hydroxylation is 1. The Morgan fingerprint density at radius 3 is 2.60 bits per heavy atom. The lowest BCUT2D eigenvalue weighted by Gasteiger charge is -2.32. The molecule has 12 nitrogen and oxygen atoms in total. The summed E-state index contributed by atoms with van der Waals surface area (Å²) in [5.41, 5.74) is 3.64. The number of anilines is 1. The molecule has 6 aromatic rings. The topological polar surface area (TPSA) is 131 Å². The third-order valence-electron chi connectivity index (χ3n) is 9.47. The number of rotatable bonds is 14. The fourth-order valence-electron chi connectivity index (χ4n) is 6.40. The molecule has 0 radical (unpaired) electrons. The first kappa shape index (κ1) is 36.3. The van der Waals surface area contributed by atoms with Crippen LogP contribution in [0.25, 0.3) is 32.0 Å². The summed E-state index contributed by atoms with van der Waals surface area (Å²) in [5, 5.41) is 18.8. The van der Waals surface area contributed by atoms with Crippen molar-refractivity contribution in [1.29, 1.82) is 0 Å². The second kappa shape index (κ2) is 15.9. The van der Waals surface area contributed by atoms with Gasteiger partial charge in [0.1, 0.15) is 53.5 Å². The van der Waals surface area contributed by atoms with Crippen LogP contribution in [0.1, 0.15) is 16.8 Å². The third-order valence-corrected chi connectivity index (χ3v) is 11.1. The minimum atomic E-state index is -1.10. The highest BCUT2D eigenvalue weighted by molar-refractivity contribution is 7.22. The molecular formula is C38H39ClFN7O5S. The summed E-state index contributed by atoms with van der Waals surface area (Å²) < 4.78 is 33.8. The van der Waals surface area contributed by atoms with Crippen molar-refractivity contribution in [1.82, 2.24) is 29.5 Å². The summed E-state index contributed by atoms with van der Waals surface area (Å²) in [7, 11) is 3.96. The summed E-state index contributed by atoms with van der Waals surface area (Å²) in [4.78, 5) is 27.7. The number of carbonyl (C=O) groups is 1. The maximum Gasteiger partial charge on any atom is 0.326 e. The van der Waals surface area contributed by atoms with Crippen molar-refractivity contribution in [3.8, 4) is 33.3 Å². The molecule has 53 heavy (non-hydrogen) atoms. The molecule has 1 aliphatic rings. The summed E-state index contributed by atoms with van der Waals surface area (Å²) >= 11 is 8.27. The van der Waals surface area contributed by atoms with Crippen molar-refractivity contribution in [2.45, 2.75) is 26.0 Å². The molecule has 1 fully saturated rings. The van der Waals surface area contributed by atoms with Crippen LogP contribution in [0.15, 0.2) is 71.5 Å². The minimum absolute atomic E-state index is 0.0864. The number of nitrogens with one attached hydrogen (secondary N) is 1. The number of fused-ring (bicyclic) bond motifs is 1. The largest absolute Gasteiger partial charge is 0.491 e. The van der Waals surface area contributed by atoms with E-state index in [-0.39, 0.29) is 13.0 Å². The average Bonchev–Trinajstić information content (AvgIpc) is 3.88. The Morgan fingerprint density at radius 1 is 1.06 bits per heavy atom. The van der Waals surface area contributed by atoms with E-state index >= 15 is 0 Å². The summed E-state index contributed by atoms with van der Waals surface area (Å²) in [6.07, 6.45) is 3.15. The summed E-state index contributed by atoms with van der Waals surface area (Å²) in [6, 6.07) is 13.9. The van der Waals surface area contributed by atoms with Gasteiger partial charge in [-0.2, -0.15) is 9.49 Å². The van der Waals surface area contributed by atoms with Crippen LogP contribution in [0.4, 0.5) is 10.2 Å². The number of aliphatic carboxylic acids is 1. The quantitative estimate of drug-likeness (QED) is 0.122. The van der Waals surface area contributed by atoms with Crippen LogP contribution in [0.5, 0.6) is 11.5 Å². The van der Waals surface area contributed by atoms with Crippen molar-refractivity contribution in [3.63, 3.8) is 0 Å². The van der Waals surface area contributed by atoms with Gasteiger partial charge in [-0.05, 0) is 54.9 Å². The van der Waals surface area contributed by atoms with Gasteiger partial charge in [0, 0.05) is 64.0 Å². The zero-order chi connectivity index (χ0) is 37.1. The van der Waals surface area contributed by atoms with E-state index in [4.69, 9.17) is 25.5 Å². The second-order valence-electron chi connectivity index (χ2n) is 12.9. The van der Waals surface area contributed by atoms with E-state index < -0.39 is 18.0 Å². The molecule has 2 N–H and O–H groups in total. The van der Waals surface area contributed by atoms with Gasteiger partial charge in [-0.25, -0.2) is 14.8 Å². The van der Waals surface area contributed by atoms with E-state index in [9.17, 15) is 14.3 Å². The number of thiophene rings is 1. The van der Waals surface area contributed by atoms with Gasteiger partial charge in [0.25, 0.3) is 6.01 Å². The fourth-order valence-corrected chi connectivity index (χ4v) is 7.74. The Morgan fingerprint density at radius 2 is 1.87 bits per heavy atom. The highest BCUT2D eigenvalue weighted by atomic mass is 35.5. The number of nitrogens with zero attached hydrogens (tertiary/aromatic N) is 6. The van der Waals surface area contributed by atoms with Crippen molar-refractivity contribution >= 4 is 44.9 Å². The Kier molecular flexibility index (Phi) is 10.9. The van der Waals surface area contributed by atoms with E-state index in [1.54, 1.807) is 16.9 Å². The third kappa shape index (κ3) is 8.00. The number of carboxylic acids is 1. The molecule has 15 heteroatoms. The molecule has 2 aromatic carbocycles. The van der Waals surface area contributed by atoms with Crippen LogP contribution < -0.4 is 14.8 Å². The Bertz CT molecular complexity index is 2230. The SMILES string of the molecule is Cc1c(-c2c(-c3ccc(F)o3)sc3ncnc(NC(Cc4ccccc4OCc4ccnn4C)C(=O)O)c23)ccc(OCCN2CCN(C)CC2)c1Cl. The predicted molar refractivity (Wildman–Crippen MR) is 202 cm³/mol. The number of hydrogen-bond donors (Lipinski definition) is 2. The lowest BCUT2D eigenvalue weighted by molar-refractivity contribution is -0.137. The zero-order valence-corrected chi connectivity index (χ0v) is 31.1. The van der Waals surface area contributed by atoms with Crippen LogP contribution in [0.3, 0.4) is 0 Å². The van der Waals surface area contributed by atoms with E-state index in [0.717, 1.165) is 49.5 Å². The number of furan rings is 1. The van der Waals surface area contributed by atoms with E-state index in [1.807, 2.05) is 56.4 Å². The first-order valence-corrected chi connectivity index (χ1v) is 18.4. The molecule has 0 bridgehead atoms. The van der Waals surface area contributed by atoms with Gasteiger partial charge in [-0.15, -0.1) is 11.3 Å². The maximum atomic E-state index is 14.3. The van der Waals surface area contributed by atoms with Gasteiger partial charge in [0.15, 0.2) is 0 Å². The van der Waals surface area contributed by atoms with Crippen molar-refractivity contribution in [3.05, 3.63) is 95.0 Å². The normalized spacial score (nSPS) is 14.4. The second-order valence-corrected chi connectivity index (χ2v) is 14.3. The van der Waals surface area contributed by atoms with Crippen LogP contribution in [-0.4, -0.2) is 93.0 Å². The number of aromatic nitrogens is 4. The van der Waals surface area contributed by atoms with Gasteiger partial charge in [-0.1, -0.05) is 35.9 Å². The molecule has 0 amide bonds. The van der Waals surface area contributed by atoms with Crippen LogP contribution in [0.2, 0.25) is 5.02 Å². The molecule has 1 unspecified atom stereocenters. The molecular weight excluding hydrogens is 721 g/mol. The monoisotopic (exact) mass is 759 g/mol. The Hall–Kier alpha value is -5.02. The first-order valence-electron chi connectivity index (χ1n) is 17.2. The number of piperazine rings is 1. The number of para-hydroxylation sites is 1. The van der Waals surface area contributed by atoms with Gasteiger partial charge in [-0.3, -0.25) is 9.58 Å². The molecule has 0 spiro atoms. The highest BCUT2D eigenvalue weighted by Crippen LogP contribution is 2.49. The van der Waals surface area contributed by atoms with Crippen molar-refractivity contribution < 1.29 is 28.2 Å². The van der Waals surface area contributed by atoms with Crippen LogP contribution in [0, 0.1) is 12.9 Å². The van der Waals surface area contributed by atoms with Gasteiger partial charge >= 0.3 is 5.97 Å². The lowest BCUT2D eigenvalue weighted by atomic mass is 9.97. The molecule has 0 saturated carbocycles. The fraction of sp³-hybridized carbons (Fsp3) is 0.316. The number of likely N-dealkylation sites (N-methyl/N-ethyl adjacent to an activating group) is 1. The minimum Gasteiger partial charge on any atom is -0.491 e. The molecule has 5 heterocycles. The van der Waals surface area contributed by atoms with E-state index in [2.05, 4.69) is 37.2 Å². The zero-order valence-electron chi connectivity index (χ0n) is 29.5. The van der Waals surface area contributed by atoms with Gasteiger partial charge < -0.3 is 29.2 Å².